The monoisotopic (exact) mass is 729 g/mol. The summed E-state index contributed by atoms with van der Waals surface area (Å²) >= 11 is 0. The molecular weight excluding hydrogens is 662 g/mol. The number of Topliss-reactive ketones (excluding diaryl/α,β-unsaturated/α-hetero) is 2. The molecule has 1 aliphatic heterocycles. The van der Waals surface area contributed by atoms with Crippen molar-refractivity contribution in [3.8, 4) is 0 Å². The Morgan fingerprint density at radius 3 is 2.06 bits per heavy atom. The lowest BCUT2D eigenvalue weighted by Crippen LogP contribution is -2.54. The molecule has 0 bridgehead atoms. The summed E-state index contributed by atoms with van der Waals surface area (Å²) < 4.78 is 11.9. The van der Waals surface area contributed by atoms with Gasteiger partial charge in [0, 0.05) is 52.5 Å². The van der Waals surface area contributed by atoms with Gasteiger partial charge in [0.05, 0.1) is 42.7 Å². The number of nitrogens with one attached hydrogen (secondary N) is 1. The zero-order chi connectivity index (χ0) is 39.3. The van der Waals surface area contributed by atoms with Gasteiger partial charge in [-0.1, -0.05) is 85.2 Å². The molecule has 1 saturated heterocycles. The van der Waals surface area contributed by atoms with Crippen molar-refractivity contribution in [1.82, 2.24) is 15.1 Å². The zero-order valence-corrected chi connectivity index (χ0v) is 33.6. The Hall–Kier alpha value is -3.15. The molecule has 9 atom stereocenters. The SMILES string of the molecule is CC[C@H](C)[C@@H]([C@@H](CC(=O)N1CCC[C@H]1[C@H](OC)[C@@H](C)C(=O)CC(Cc1ccccc1)C(=O)O)OC)N(C)C(=O)[C@@H](CC(=O)[C@@H](NC)C(C)C)C(C)C. The molecule has 2 amide bonds. The summed E-state index contributed by atoms with van der Waals surface area (Å²) in [5.41, 5.74) is 0.851. The second kappa shape index (κ2) is 21.5. The smallest absolute Gasteiger partial charge is 0.307 e. The third kappa shape index (κ3) is 11.9. The molecular formula is C41H67N3O8. The summed E-state index contributed by atoms with van der Waals surface area (Å²) in [4.78, 5) is 70.8. The molecule has 2 N–H and O–H groups in total. The third-order valence-corrected chi connectivity index (χ3v) is 11.3. The molecule has 1 fully saturated rings. The van der Waals surface area contributed by atoms with Gasteiger partial charge >= 0.3 is 5.97 Å². The van der Waals surface area contributed by atoms with E-state index in [0.29, 0.717) is 13.0 Å². The Labute approximate surface area is 312 Å². The topological polar surface area (TPSA) is 143 Å². The van der Waals surface area contributed by atoms with Crippen LogP contribution in [0.2, 0.25) is 0 Å². The van der Waals surface area contributed by atoms with Crippen molar-refractivity contribution < 1.29 is 38.6 Å². The number of hydrogen-bond acceptors (Lipinski definition) is 8. The number of carboxylic acids is 1. The number of rotatable bonds is 23. The molecule has 0 aromatic heterocycles. The average Bonchev–Trinajstić information content (AvgIpc) is 3.59. The molecule has 1 unspecified atom stereocenters. The number of methoxy groups -OCH3 is 2. The first-order valence-electron chi connectivity index (χ1n) is 19.1. The van der Waals surface area contributed by atoms with Crippen LogP contribution in [-0.4, -0.2) is 109 Å². The van der Waals surface area contributed by atoms with E-state index in [4.69, 9.17) is 9.47 Å². The number of carbonyl (C=O) groups excluding carboxylic acids is 4. The van der Waals surface area contributed by atoms with E-state index in [-0.39, 0.29) is 78.9 Å². The van der Waals surface area contributed by atoms with E-state index >= 15 is 0 Å². The van der Waals surface area contributed by atoms with Crippen LogP contribution in [0.15, 0.2) is 30.3 Å². The summed E-state index contributed by atoms with van der Waals surface area (Å²) in [5.74, 6) is -3.54. The maximum atomic E-state index is 14.2. The van der Waals surface area contributed by atoms with Crippen LogP contribution in [0.3, 0.4) is 0 Å². The fraction of sp³-hybridized carbons (Fsp3) is 0.732. The molecule has 1 heterocycles. The molecule has 0 saturated carbocycles. The van der Waals surface area contributed by atoms with Crippen molar-refractivity contribution in [3.05, 3.63) is 35.9 Å². The van der Waals surface area contributed by atoms with Crippen molar-refractivity contribution in [2.45, 2.75) is 124 Å². The molecule has 0 aliphatic carbocycles. The molecule has 294 valence electrons. The number of amides is 2. The minimum absolute atomic E-state index is 0.00617. The summed E-state index contributed by atoms with van der Waals surface area (Å²) in [5, 5.41) is 13.0. The van der Waals surface area contributed by atoms with Gasteiger partial charge in [-0.25, -0.2) is 0 Å². The highest BCUT2D eigenvalue weighted by atomic mass is 16.5. The van der Waals surface area contributed by atoms with Crippen LogP contribution in [0.4, 0.5) is 0 Å². The standard InChI is InChI=1S/C41H67N3O8/c1-12-27(6)38(43(9)40(48)31(25(2)3)23-34(46)37(42-8)26(4)5)35(51-10)24-36(47)44-20-16-19-32(44)39(52-11)28(7)33(45)22-30(41(49)50)21-29-17-14-13-15-18-29/h13-15,17-18,25-28,30-32,35,37-39,42H,12,16,19-24H2,1-11H3,(H,49,50)/t27-,28-,30?,31-,32-,35+,37-,38-,39+/m0/s1. The summed E-state index contributed by atoms with van der Waals surface area (Å²) in [6.45, 7) is 14.2. The fourth-order valence-electron chi connectivity index (χ4n) is 7.99. The minimum Gasteiger partial charge on any atom is -0.481 e. The Balaban J connectivity index is 2.26. The normalized spacial score (nSPS) is 19.4. The number of likely N-dealkylation sites (N-methyl/N-ethyl adjacent to an activating group) is 2. The average molecular weight is 730 g/mol. The van der Waals surface area contributed by atoms with Gasteiger partial charge in [0.1, 0.15) is 5.78 Å². The van der Waals surface area contributed by atoms with Gasteiger partial charge in [0.15, 0.2) is 5.78 Å². The van der Waals surface area contributed by atoms with Gasteiger partial charge in [-0.3, -0.25) is 24.0 Å². The van der Waals surface area contributed by atoms with E-state index in [1.54, 1.807) is 37.9 Å². The summed E-state index contributed by atoms with van der Waals surface area (Å²) in [7, 11) is 6.61. The maximum absolute atomic E-state index is 14.2. The Kier molecular flexibility index (Phi) is 18.6. The van der Waals surface area contributed by atoms with Crippen LogP contribution >= 0.6 is 0 Å². The first-order chi connectivity index (χ1) is 24.5. The Morgan fingerprint density at radius 1 is 0.923 bits per heavy atom. The Morgan fingerprint density at radius 2 is 1.56 bits per heavy atom. The van der Waals surface area contributed by atoms with Crippen molar-refractivity contribution in [2.75, 3.05) is 34.9 Å². The first-order valence-corrected chi connectivity index (χ1v) is 19.1. The lowest BCUT2D eigenvalue weighted by molar-refractivity contribution is -0.149. The summed E-state index contributed by atoms with van der Waals surface area (Å²) in [6, 6.07) is 8.13. The molecule has 1 aliphatic rings. The van der Waals surface area contributed by atoms with E-state index in [9.17, 15) is 29.1 Å². The van der Waals surface area contributed by atoms with E-state index in [1.165, 1.54) is 7.11 Å². The molecule has 0 radical (unpaired) electrons. The van der Waals surface area contributed by atoms with Gasteiger partial charge < -0.3 is 29.7 Å². The molecule has 0 spiro atoms. The van der Waals surface area contributed by atoms with Gasteiger partial charge in [0.25, 0.3) is 0 Å². The van der Waals surface area contributed by atoms with Gasteiger partial charge in [0.2, 0.25) is 11.8 Å². The van der Waals surface area contributed by atoms with Crippen molar-refractivity contribution in [2.24, 2.45) is 35.5 Å². The minimum atomic E-state index is -1.02. The molecule has 11 heteroatoms. The molecule has 52 heavy (non-hydrogen) atoms. The fourth-order valence-corrected chi connectivity index (χ4v) is 7.99. The number of ether oxygens (including phenoxy) is 2. The zero-order valence-electron chi connectivity index (χ0n) is 33.6. The highest BCUT2D eigenvalue weighted by Gasteiger charge is 2.43. The van der Waals surface area contributed by atoms with Crippen molar-refractivity contribution in [1.29, 1.82) is 0 Å². The van der Waals surface area contributed by atoms with Gasteiger partial charge in [-0.05, 0) is 49.6 Å². The van der Waals surface area contributed by atoms with Gasteiger partial charge in [-0.2, -0.15) is 0 Å². The number of hydrogen-bond donors (Lipinski definition) is 2. The number of likely N-dealkylation sites (tertiary alicyclic amines) is 1. The van der Waals surface area contributed by atoms with Crippen LogP contribution in [-0.2, 0) is 39.9 Å². The number of carbonyl (C=O) groups is 5. The van der Waals surface area contributed by atoms with E-state index in [0.717, 1.165) is 18.4 Å². The number of ketones is 2. The molecule has 2 rings (SSSR count). The predicted molar refractivity (Wildman–Crippen MR) is 203 cm³/mol. The highest BCUT2D eigenvalue weighted by molar-refractivity contribution is 5.90. The third-order valence-electron chi connectivity index (χ3n) is 11.3. The molecule has 1 aromatic carbocycles. The van der Waals surface area contributed by atoms with Crippen LogP contribution in [0.5, 0.6) is 0 Å². The predicted octanol–water partition coefficient (Wildman–Crippen LogP) is 5.28. The van der Waals surface area contributed by atoms with E-state index in [2.05, 4.69) is 5.32 Å². The number of benzene rings is 1. The van der Waals surface area contributed by atoms with Crippen LogP contribution in [0, 0.1) is 35.5 Å². The number of carboxylic acid groups (broad SMARTS) is 1. The van der Waals surface area contributed by atoms with Gasteiger partial charge in [-0.15, -0.1) is 0 Å². The second-order valence-electron chi connectivity index (χ2n) is 15.5. The number of aliphatic carboxylic acids is 1. The largest absolute Gasteiger partial charge is 0.481 e. The lowest BCUT2D eigenvalue weighted by atomic mass is 9.84. The second-order valence-corrected chi connectivity index (χ2v) is 15.5. The lowest BCUT2D eigenvalue weighted by Gasteiger charge is -2.41. The first kappa shape index (κ1) is 45.0. The highest BCUT2D eigenvalue weighted by Crippen LogP contribution is 2.31. The molecule has 1 aromatic rings. The summed E-state index contributed by atoms with van der Waals surface area (Å²) in [6.07, 6.45) is 1.16. The molecule has 11 nitrogen and oxygen atoms in total. The van der Waals surface area contributed by atoms with E-state index in [1.807, 2.05) is 71.9 Å². The van der Waals surface area contributed by atoms with Crippen LogP contribution in [0.25, 0.3) is 0 Å². The van der Waals surface area contributed by atoms with Crippen molar-refractivity contribution in [3.63, 3.8) is 0 Å². The van der Waals surface area contributed by atoms with Crippen LogP contribution in [0.1, 0.15) is 92.6 Å². The van der Waals surface area contributed by atoms with Crippen LogP contribution < -0.4 is 5.32 Å². The van der Waals surface area contributed by atoms with E-state index < -0.39 is 42.0 Å². The quantitative estimate of drug-likeness (QED) is 0.154. The number of nitrogens with zero attached hydrogens (tertiary/aromatic N) is 2. The Bertz CT molecular complexity index is 1300. The maximum Gasteiger partial charge on any atom is 0.307 e. The van der Waals surface area contributed by atoms with Crippen molar-refractivity contribution >= 4 is 29.4 Å².